The highest BCUT2D eigenvalue weighted by Gasteiger charge is 2.22. The first-order valence-corrected chi connectivity index (χ1v) is 7.42. The first-order chi connectivity index (χ1) is 9.17. The number of benzene rings is 1. The number of anilines is 2. The largest absolute Gasteiger partial charge is 0.326 e. The Labute approximate surface area is 119 Å². The van der Waals surface area contributed by atoms with Gasteiger partial charge in [-0.3, -0.25) is 0 Å². The van der Waals surface area contributed by atoms with Crippen LogP contribution in [0.25, 0.3) is 0 Å². The quantitative estimate of drug-likeness (QED) is 0.480. The van der Waals surface area contributed by atoms with Crippen molar-refractivity contribution in [1.82, 2.24) is 9.97 Å². The smallest absolute Gasteiger partial charge is 0.190 e. The summed E-state index contributed by atoms with van der Waals surface area (Å²) in [5.74, 6) is 0.476. The monoisotopic (exact) mass is 295 g/mol. The van der Waals surface area contributed by atoms with Crippen molar-refractivity contribution < 1.29 is 4.39 Å². The van der Waals surface area contributed by atoms with E-state index in [0.29, 0.717) is 16.1 Å². The van der Waals surface area contributed by atoms with Crippen LogP contribution in [0.15, 0.2) is 29.4 Å². The third kappa shape index (κ3) is 2.40. The van der Waals surface area contributed by atoms with E-state index in [-0.39, 0.29) is 5.82 Å². The lowest BCUT2D eigenvalue weighted by Crippen LogP contribution is -2.15. The molecule has 1 aromatic heterocycles. The summed E-state index contributed by atoms with van der Waals surface area (Å²) in [6, 6.07) is 6.56. The number of hydrogen-bond acceptors (Lipinski definition) is 4. The molecule has 0 radical (unpaired) electrons. The summed E-state index contributed by atoms with van der Waals surface area (Å²) in [7, 11) is 0. The van der Waals surface area contributed by atoms with Gasteiger partial charge in [0.15, 0.2) is 5.16 Å². The van der Waals surface area contributed by atoms with Gasteiger partial charge in [0.05, 0.1) is 0 Å². The standard InChI is InChI=1S/C13H11ClFN3S/c1-19-13-16-11(14)7-12(17-13)18-5-4-8-2-3-9(15)6-10(8)18/h2-3,6-7H,4-5H2,1H3. The molecule has 1 aromatic carbocycles. The highest BCUT2D eigenvalue weighted by molar-refractivity contribution is 7.98. The molecular formula is C13H11ClFN3S. The number of thioether (sulfide) groups is 1. The minimum absolute atomic E-state index is 0.240. The Kier molecular flexibility index (Phi) is 3.33. The van der Waals surface area contributed by atoms with Crippen LogP contribution in [-0.2, 0) is 6.42 Å². The van der Waals surface area contributed by atoms with Gasteiger partial charge in [-0.1, -0.05) is 29.4 Å². The second kappa shape index (κ2) is 4.98. The SMILES string of the molecule is CSc1nc(Cl)cc(N2CCc3ccc(F)cc32)n1. The lowest BCUT2D eigenvalue weighted by atomic mass is 10.2. The summed E-state index contributed by atoms with van der Waals surface area (Å²) in [4.78, 5) is 10.5. The highest BCUT2D eigenvalue weighted by atomic mass is 35.5. The predicted molar refractivity (Wildman–Crippen MR) is 75.9 cm³/mol. The van der Waals surface area contributed by atoms with Gasteiger partial charge in [-0.15, -0.1) is 0 Å². The van der Waals surface area contributed by atoms with E-state index in [2.05, 4.69) is 9.97 Å². The molecule has 0 fully saturated rings. The van der Waals surface area contributed by atoms with Crippen molar-refractivity contribution in [3.8, 4) is 0 Å². The van der Waals surface area contributed by atoms with E-state index in [1.807, 2.05) is 17.2 Å². The predicted octanol–water partition coefficient (Wildman–Crippen LogP) is 3.69. The number of fused-ring (bicyclic) bond motifs is 1. The van der Waals surface area contributed by atoms with Crippen LogP contribution in [0.4, 0.5) is 15.9 Å². The molecule has 3 rings (SSSR count). The summed E-state index contributed by atoms with van der Waals surface area (Å²) in [6.45, 7) is 0.778. The van der Waals surface area contributed by atoms with Crippen LogP contribution in [0.2, 0.25) is 5.15 Å². The normalized spacial score (nSPS) is 13.7. The number of aromatic nitrogens is 2. The van der Waals surface area contributed by atoms with Crippen LogP contribution in [0.3, 0.4) is 0 Å². The van der Waals surface area contributed by atoms with Crippen molar-refractivity contribution in [3.05, 3.63) is 40.8 Å². The van der Waals surface area contributed by atoms with Crippen LogP contribution in [0.1, 0.15) is 5.56 Å². The molecule has 0 unspecified atom stereocenters. The Hall–Kier alpha value is -1.33. The molecule has 98 valence electrons. The van der Waals surface area contributed by atoms with E-state index < -0.39 is 0 Å². The maximum absolute atomic E-state index is 13.4. The van der Waals surface area contributed by atoms with Crippen LogP contribution < -0.4 is 4.90 Å². The lowest BCUT2D eigenvalue weighted by Gasteiger charge is -2.18. The zero-order valence-electron chi connectivity index (χ0n) is 10.2. The summed E-state index contributed by atoms with van der Waals surface area (Å²) in [5, 5.41) is 1.02. The second-order valence-electron chi connectivity index (χ2n) is 4.21. The van der Waals surface area contributed by atoms with Gasteiger partial charge in [0, 0.05) is 18.3 Å². The van der Waals surface area contributed by atoms with Crippen LogP contribution in [-0.4, -0.2) is 22.8 Å². The Bertz CT molecular complexity index is 635. The minimum Gasteiger partial charge on any atom is -0.326 e. The molecule has 1 aliphatic heterocycles. The Morgan fingerprint density at radius 1 is 1.32 bits per heavy atom. The molecule has 3 nitrogen and oxygen atoms in total. The molecule has 2 aromatic rings. The molecule has 0 atom stereocenters. The van der Waals surface area contributed by atoms with Crippen molar-refractivity contribution in [1.29, 1.82) is 0 Å². The average Bonchev–Trinajstić information content (AvgIpc) is 2.80. The minimum atomic E-state index is -0.240. The molecule has 0 amide bonds. The van der Waals surface area contributed by atoms with E-state index in [4.69, 9.17) is 11.6 Å². The fourth-order valence-corrected chi connectivity index (χ4v) is 2.81. The number of halogens is 2. The Morgan fingerprint density at radius 2 is 2.16 bits per heavy atom. The molecule has 0 saturated carbocycles. The third-order valence-electron chi connectivity index (χ3n) is 3.06. The van der Waals surface area contributed by atoms with Gasteiger partial charge >= 0.3 is 0 Å². The van der Waals surface area contributed by atoms with E-state index >= 15 is 0 Å². The summed E-state index contributed by atoms with van der Waals surface area (Å²) >= 11 is 7.43. The summed E-state index contributed by atoms with van der Waals surface area (Å²) in [5.41, 5.74) is 1.99. The van der Waals surface area contributed by atoms with Gasteiger partial charge in [-0.05, 0) is 30.4 Å². The fraction of sp³-hybridized carbons (Fsp3) is 0.231. The molecule has 6 heteroatoms. The van der Waals surface area contributed by atoms with Gasteiger partial charge in [-0.25, -0.2) is 14.4 Å². The maximum atomic E-state index is 13.4. The molecule has 2 heterocycles. The molecule has 0 aliphatic carbocycles. The second-order valence-corrected chi connectivity index (χ2v) is 5.37. The molecule has 0 N–H and O–H groups in total. The Morgan fingerprint density at radius 3 is 2.95 bits per heavy atom. The van der Waals surface area contributed by atoms with Crippen molar-refractivity contribution in [2.45, 2.75) is 11.6 Å². The molecule has 0 saturated heterocycles. The van der Waals surface area contributed by atoms with Crippen molar-refractivity contribution in [3.63, 3.8) is 0 Å². The molecule has 0 spiro atoms. The molecular weight excluding hydrogens is 285 g/mol. The van der Waals surface area contributed by atoms with Gasteiger partial charge < -0.3 is 4.90 Å². The zero-order chi connectivity index (χ0) is 13.4. The maximum Gasteiger partial charge on any atom is 0.190 e. The summed E-state index contributed by atoms with van der Waals surface area (Å²) < 4.78 is 13.4. The fourth-order valence-electron chi connectivity index (χ4n) is 2.21. The zero-order valence-corrected chi connectivity index (χ0v) is 11.8. The Balaban J connectivity index is 2.06. The van der Waals surface area contributed by atoms with Crippen LogP contribution >= 0.6 is 23.4 Å². The number of nitrogens with zero attached hydrogens (tertiary/aromatic N) is 3. The molecule has 19 heavy (non-hydrogen) atoms. The van der Waals surface area contributed by atoms with Gasteiger partial charge in [-0.2, -0.15) is 0 Å². The van der Waals surface area contributed by atoms with Gasteiger partial charge in [0.2, 0.25) is 0 Å². The van der Waals surface area contributed by atoms with Crippen molar-refractivity contribution in [2.24, 2.45) is 0 Å². The van der Waals surface area contributed by atoms with Crippen LogP contribution in [0, 0.1) is 5.82 Å². The lowest BCUT2D eigenvalue weighted by molar-refractivity contribution is 0.628. The average molecular weight is 296 g/mol. The van der Waals surface area contributed by atoms with Crippen LogP contribution in [0.5, 0.6) is 0 Å². The topological polar surface area (TPSA) is 29.0 Å². The molecule has 0 bridgehead atoms. The van der Waals surface area contributed by atoms with E-state index in [1.165, 1.54) is 23.9 Å². The highest BCUT2D eigenvalue weighted by Crippen LogP contribution is 2.35. The number of hydrogen-bond donors (Lipinski definition) is 0. The van der Waals surface area contributed by atoms with Gasteiger partial charge in [0.25, 0.3) is 0 Å². The molecule has 1 aliphatic rings. The van der Waals surface area contributed by atoms with E-state index in [9.17, 15) is 4.39 Å². The van der Waals surface area contributed by atoms with Gasteiger partial charge in [0.1, 0.15) is 16.8 Å². The van der Waals surface area contributed by atoms with E-state index in [1.54, 1.807) is 6.07 Å². The first kappa shape index (κ1) is 12.7. The first-order valence-electron chi connectivity index (χ1n) is 5.82. The number of rotatable bonds is 2. The third-order valence-corrected chi connectivity index (χ3v) is 3.80. The van der Waals surface area contributed by atoms with Crippen molar-refractivity contribution >= 4 is 34.9 Å². The van der Waals surface area contributed by atoms with Crippen molar-refractivity contribution in [2.75, 3.05) is 17.7 Å². The summed E-state index contributed by atoms with van der Waals surface area (Å²) in [6.07, 6.45) is 2.78. The van der Waals surface area contributed by atoms with E-state index in [0.717, 1.165) is 24.2 Å².